The zero-order valence-corrected chi connectivity index (χ0v) is 20.8. The molecule has 3 aromatic rings. The lowest BCUT2D eigenvalue weighted by Gasteiger charge is -2.28. The maximum atomic E-state index is 13.2. The first-order chi connectivity index (χ1) is 16.0. The molecule has 3 aromatic carbocycles. The van der Waals surface area contributed by atoms with Gasteiger partial charge in [0.25, 0.3) is 5.91 Å². The molecule has 0 heterocycles. The SMILES string of the molecule is CCCCNC(=O)[C@@H](C)N(CCc1ccccc1)C(=O)COc1ccc2ccccc2c1Br. The van der Waals surface area contributed by atoms with Gasteiger partial charge in [0.2, 0.25) is 5.91 Å². The zero-order chi connectivity index (χ0) is 23.6. The molecule has 0 spiro atoms. The fraction of sp³-hybridized carbons (Fsp3) is 0.333. The second-order valence-electron chi connectivity index (χ2n) is 8.03. The van der Waals surface area contributed by atoms with Crippen molar-refractivity contribution in [3.05, 3.63) is 76.8 Å². The normalized spacial score (nSPS) is 11.7. The van der Waals surface area contributed by atoms with Crippen LogP contribution < -0.4 is 10.1 Å². The summed E-state index contributed by atoms with van der Waals surface area (Å²) < 4.78 is 6.71. The maximum absolute atomic E-state index is 13.2. The van der Waals surface area contributed by atoms with E-state index < -0.39 is 6.04 Å². The number of nitrogens with one attached hydrogen (secondary N) is 1. The third kappa shape index (κ3) is 6.81. The lowest BCUT2D eigenvalue weighted by Crippen LogP contribution is -2.50. The Bertz CT molecular complexity index is 1070. The van der Waals surface area contributed by atoms with E-state index in [1.807, 2.05) is 66.7 Å². The van der Waals surface area contributed by atoms with E-state index in [9.17, 15) is 9.59 Å². The van der Waals surface area contributed by atoms with Crippen LogP contribution in [0.5, 0.6) is 5.75 Å². The highest BCUT2D eigenvalue weighted by Gasteiger charge is 2.26. The Hall–Kier alpha value is -2.86. The van der Waals surface area contributed by atoms with Crippen LogP contribution in [0, 0.1) is 0 Å². The van der Waals surface area contributed by atoms with Crippen molar-refractivity contribution in [1.29, 1.82) is 0 Å². The molecule has 0 radical (unpaired) electrons. The maximum Gasteiger partial charge on any atom is 0.261 e. The topological polar surface area (TPSA) is 58.6 Å². The molecular weight excluding hydrogens is 480 g/mol. The van der Waals surface area contributed by atoms with Gasteiger partial charge in [-0.1, -0.05) is 74.0 Å². The van der Waals surface area contributed by atoms with Gasteiger partial charge in [-0.25, -0.2) is 0 Å². The molecule has 0 saturated heterocycles. The van der Waals surface area contributed by atoms with E-state index in [4.69, 9.17) is 4.74 Å². The van der Waals surface area contributed by atoms with Crippen molar-refractivity contribution in [2.75, 3.05) is 19.7 Å². The number of hydrogen-bond acceptors (Lipinski definition) is 3. The van der Waals surface area contributed by atoms with Crippen LogP contribution >= 0.6 is 15.9 Å². The summed E-state index contributed by atoms with van der Waals surface area (Å²) in [5.41, 5.74) is 1.12. The molecule has 0 aliphatic carbocycles. The van der Waals surface area contributed by atoms with Gasteiger partial charge in [-0.3, -0.25) is 9.59 Å². The molecule has 3 rings (SSSR count). The molecule has 0 bridgehead atoms. The summed E-state index contributed by atoms with van der Waals surface area (Å²) in [5.74, 6) is 0.242. The van der Waals surface area contributed by atoms with Crippen molar-refractivity contribution in [2.24, 2.45) is 0 Å². The molecule has 6 heteroatoms. The Balaban J connectivity index is 1.70. The van der Waals surface area contributed by atoms with E-state index in [1.165, 1.54) is 0 Å². The summed E-state index contributed by atoms with van der Waals surface area (Å²) in [4.78, 5) is 27.5. The molecule has 174 valence electrons. The highest BCUT2D eigenvalue weighted by molar-refractivity contribution is 9.10. The van der Waals surface area contributed by atoms with Crippen LogP contribution in [-0.2, 0) is 16.0 Å². The summed E-state index contributed by atoms with van der Waals surface area (Å²) in [6.07, 6.45) is 2.58. The number of unbranched alkanes of at least 4 members (excludes halogenated alkanes) is 1. The highest BCUT2D eigenvalue weighted by atomic mass is 79.9. The van der Waals surface area contributed by atoms with Crippen molar-refractivity contribution < 1.29 is 14.3 Å². The van der Waals surface area contributed by atoms with Gasteiger partial charge in [0.05, 0.1) is 4.47 Å². The van der Waals surface area contributed by atoms with Gasteiger partial charge in [-0.2, -0.15) is 0 Å². The first-order valence-corrected chi connectivity index (χ1v) is 12.2. The van der Waals surface area contributed by atoms with E-state index in [0.717, 1.165) is 33.7 Å². The number of nitrogens with zero attached hydrogens (tertiary/aromatic N) is 1. The Morgan fingerprint density at radius 1 is 1.03 bits per heavy atom. The largest absolute Gasteiger partial charge is 0.483 e. The van der Waals surface area contributed by atoms with Crippen LogP contribution in [-0.4, -0.2) is 42.5 Å². The standard InChI is InChI=1S/C27H31BrN2O3/c1-3-4-17-29-27(32)20(2)30(18-16-21-10-6-5-7-11-21)25(31)19-33-24-15-14-22-12-8-9-13-23(22)26(24)28/h5-15,20H,3-4,16-19H2,1-2H3,(H,29,32)/t20-/m1/s1. The van der Waals surface area contributed by atoms with Crippen molar-refractivity contribution in [3.63, 3.8) is 0 Å². The first-order valence-electron chi connectivity index (χ1n) is 11.4. The quantitative estimate of drug-likeness (QED) is 0.353. The molecule has 1 atom stereocenters. The summed E-state index contributed by atoms with van der Waals surface area (Å²) in [6, 6.07) is 21.2. The second-order valence-corrected chi connectivity index (χ2v) is 8.82. The Labute approximate surface area is 204 Å². The first kappa shape index (κ1) is 24.8. The molecule has 0 fully saturated rings. The zero-order valence-electron chi connectivity index (χ0n) is 19.2. The van der Waals surface area contributed by atoms with Gasteiger partial charge in [0.1, 0.15) is 11.8 Å². The third-order valence-corrected chi connectivity index (χ3v) is 6.48. The highest BCUT2D eigenvalue weighted by Crippen LogP contribution is 2.33. The van der Waals surface area contributed by atoms with Crippen molar-refractivity contribution >= 4 is 38.5 Å². The smallest absolute Gasteiger partial charge is 0.261 e. The van der Waals surface area contributed by atoms with E-state index in [1.54, 1.807) is 11.8 Å². The minimum Gasteiger partial charge on any atom is -0.483 e. The number of ether oxygens (including phenoxy) is 1. The number of halogens is 1. The van der Waals surface area contributed by atoms with Crippen molar-refractivity contribution in [2.45, 2.75) is 39.2 Å². The van der Waals surface area contributed by atoms with Crippen LogP contribution in [0.3, 0.4) is 0 Å². The minimum absolute atomic E-state index is 0.141. The minimum atomic E-state index is -0.582. The fourth-order valence-corrected chi connectivity index (χ4v) is 4.26. The van der Waals surface area contributed by atoms with Gasteiger partial charge in [-0.15, -0.1) is 0 Å². The average Bonchev–Trinajstić information content (AvgIpc) is 2.84. The molecule has 0 unspecified atom stereocenters. The van der Waals surface area contributed by atoms with E-state index in [-0.39, 0.29) is 18.4 Å². The molecule has 2 amide bonds. The molecule has 0 aliphatic heterocycles. The van der Waals surface area contributed by atoms with Crippen LogP contribution in [0.1, 0.15) is 32.3 Å². The molecule has 0 aromatic heterocycles. The van der Waals surface area contributed by atoms with Gasteiger partial charge in [0, 0.05) is 13.1 Å². The van der Waals surface area contributed by atoms with E-state index >= 15 is 0 Å². The third-order valence-electron chi connectivity index (χ3n) is 5.66. The van der Waals surface area contributed by atoms with Crippen LogP contribution in [0.4, 0.5) is 0 Å². The summed E-state index contributed by atoms with van der Waals surface area (Å²) in [6.45, 7) is 4.76. The summed E-state index contributed by atoms with van der Waals surface area (Å²) in [5, 5.41) is 5.05. The van der Waals surface area contributed by atoms with Gasteiger partial charge >= 0.3 is 0 Å². The van der Waals surface area contributed by atoms with Crippen molar-refractivity contribution in [3.8, 4) is 5.75 Å². The van der Waals surface area contributed by atoms with Gasteiger partial charge in [-0.05, 0) is 58.1 Å². The number of hydrogen-bond donors (Lipinski definition) is 1. The molecule has 33 heavy (non-hydrogen) atoms. The van der Waals surface area contributed by atoms with Gasteiger partial charge in [0.15, 0.2) is 6.61 Å². The molecule has 5 nitrogen and oxygen atoms in total. The number of amides is 2. The lowest BCUT2D eigenvalue weighted by atomic mass is 10.1. The van der Waals surface area contributed by atoms with Crippen molar-refractivity contribution in [1.82, 2.24) is 10.2 Å². The Kier molecular flexibility index (Phi) is 9.31. The lowest BCUT2D eigenvalue weighted by molar-refractivity contribution is -0.141. The fourth-order valence-electron chi connectivity index (χ4n) is 3.65. The van der Waals surface area contributed by atoms with E-state index in [2.05, 4.69) is 28.2 Å². The predicted octanol–water partition coefficient (Wildman–Crippen LogP) is 5.36. The predicted molar refractivity (Wildman–Crippen MR) is 136 cm³/mol. The number of carbonyl (C=O) groups is 2. The van der Waals surface area contributed by atoms with E-state index in [0.29, 0.717) is 25.3 Å². The molecule has 0 saturated carbocycles. The van der Waals surface area contributed by atoms with Crippen LogP contribution in [0.2, 0.25) is 0 Å². The molecule has 0 aliphatic rings. The van der Waals surface area contributed by atoms with Gasteiger partial charge < -0.3 is 15.0 Å². The van der Waals surface area contributed by atoms with Crippen LogP contribution in [0.25, 0.3) is 10.8 Å². The summed E-state index contributed by atoms with van der Waals surface area (Å²) >= 11 is 3.60. The molecular formula is C27H31BrN2O3. The van der Waals surface area contributed by atoms with Crippen LogP contribution in [0.15, 0.2) is 71.2 Å². The average molecular weight is 511 g/mol. The molecule has 1 N–H and O–H groups in total. The number of fused-ring (bicyclic) bond motifs is 1. The number of benzene rings is 3. The second kappa shape index (κ2) is 12.4. The summed E-state index contributed by atoms with van der Waals surface area (Å²) in [7, 11) is 0. The number of carbonyl (C=O) groups excluding carboxylic acids is 2. The Morgan fingerprint density at radius 3 is 2.52 bits per heavy atom. The number of rotatable bonds is 11. The monoisotopic (exact) mass is 510 g/mol. The Morgan fingerprint density at radius 2 is 1.76 bits per heavy atom.